The quantitative estimate of drug-likeness (QED) is 0.853. The molecule has 1 saturated heterocycles. The summed E-state index contributed by atoms with van der Waals surface area (Å²) in [6, 6.07) is 7.15. The van der Waals surface area contributed by atoms with E-state index in [1.165, 1.54) is 37.1 Å². The Hall–Kier alpha value is -1.06. The predicted octanol–water partition coefficient (Wildman–Crippen LogP) is 2.61. The molecule has 1 unspecified atom stereocenters. The van der Waals surface area contributed by atoms with Crippen LogP contribution in [0.25, 0.3) is 0 Å². The maximum absolute atomic E-state index is 5.43. The molecule has 1 fully saturated rings. The molecule has 1 aromatic carbocycles. The summed E-state index contributed by atoms with van der Waals surface area (Å²) < 4.78 is 5.43. The Labute approximate surface area is 116 Å². The minimum absolute atomic E-state index is 0.490. The molecule has 1 aliphatic rings. The summed E-state index contributed by atoms with van der Waals surface area (Å²) in [5.41, 5.74) is 2.72. The third-order valence-electron chi connectivity index (χ3n) is 4.05. The zero-order valence-corrected chi connectivity index (χ0v) is 12.4. The number of likely N-dealkylation sites (N-methyl/N-ethyl adjacent to an activating group) is 1. The highest BCUT2D eigenvalue weighted by Crippen LogP contribution is 2.28. The second-order valence-corrected chi connectivity index (χ2v) is 5.24. The van der Waals surface area contributed by atoms with Crippen molar-refractivity contribution in [2.45, 2.75) is 32.2 Å². The van der Waals surface area contributed by atoms with Crippen molar-refractivity contribution in [3.63, 3.8) is 0 Å². The maximum atomic E-state index is 5.43. The van der Waals surface area contributed by atoms with Crippen LogP contribution in [0.4, 0.5) is 0 Å². The highest BCUT2D eigenvalue weighted by molar-refractivity contribution is 5.38. The first-order valence-corrected chi connectivity index (χ1v) is 7.35. The molecule has 0 radical (unpaired) electrons. The molecule has 1 aliphatic heterocycles. The Morgan fingerprint density at radius 3 is 2.63 bits per heavy atom. The SMILES string of the molecule is CCc1cc(C(CNC)N2CCCC2)ccc1OC. The normalized spacial score (nSPS) is 17.6. The summed E-state index contributed by atoms with van der Waals surface area (Å²) in [6.45, 7) is 5.64. The monoisotopic (exact) mass is 262 g/mol. The van der Waals surface area contributed by atoms with Crippen LogP contribution in [0.2, 0.25) is 0 Å². The lowest BCUT2D eigenvalue weighted by Crippen LogP contribution is -2.32. The first-order valence-electron chi connectivity index (χ1n) is 7.35. The fourth-order valence-corrected chi connectivity index (χ4v) is 2.99. The first kappa shape index (κ1) is 14.4. The van der Waals surface area contributed by atoms with Gasteiger partial charge in [0.25, 0.3) is 0 Å². The van der Waals surface area contributed by atoms with Gasteiger partial charge in [0.15, 0.2) is 0 Å². The average molecular weight is 262 g/mol. The summed E-state index contributed by atoms with van der Waals surface area (Å²) in [7, 11) is 3.78. The number of rotatable bonds is 6. The van der Waals surface area contributed by atoms with Crippen molar-refractivity contribution < 1.29 is 4.74 Å². The molecule has 0 amide bonds. The number of nitrogens with one attached hydrogen (secondary N) is 1. The molecule has 106 valence electrons. The Bertz CT molecular complexity index is 400. The third-order valence-corrected chi connectivity index (χ3v) is 4.05. The molecule has 1 aromatic rings. The predicted molar refractivity (Wildman–Crippen MR) is 79.8 cm³/mol. The van der Waals surface area contributed by atoms with E-state index in [-0.39, 0.29) is 0 Å². The van der Waals surface area contributed by atoms with E-state index in [1.54, 1.807) is 7.11 Å². The van der Waals surface area contributed by atoms with Crippen molar-refractivity contribution in [3.05, 3.63) is 29.3 Å². The van der Waals surface area contributed by atoms with Gasteiger partial charge >= 0.3 is 0 Å². The van der Waals surface area contributed by atoms with Crippen molar-refractivity contribution in [2.24, 2.45) is 0 Å². The highest BCUT2D eigenvalue weighted by Gasteiger charge is 2.23. The summed E-state index contributed by atoms with van der Waals surface area (Å²) in [5, 5.41) is 3.34. The van der Waals surface area contributed by atoms with Gasteiger partial charge in [-0.05, 0) is 56.6 Å². The molecule has 1 N–H and O–H groups in total. The molecule has 1 atom stereocenters. The van der Waals surface area contributed by atoms with E-state index in [4.69, 9.17) is 4.74 Å². The van der Waals surface area contributed by atoms with E-state index in [2.05, 4.69) is 35.3 Å². The minimum atomic E-state index is 0.490. The van der Waals surface area contributed by atoms with Gasteiger partial charge in [-0.25, -0.2) is 0 Å². The maximum Gasteiger partial charge on any atom is 0.122 e. The van der Waals surface area contributed by atoms with Crippen LogP contribution in [0, 0.1) is 0 Å². The second kappa shape index (κ2) is 6.92. The largest absolute Gasteiger partial charge is 0.496 e. The molecule has 0 spiro atoms. The fraction of sp³-hybridized carbons (Fsp3) is 0.625. The summed E-state index contributed by atoms with van der Waals surface area (Å²) >= 11 is 0. The van der Waals surface area contributed by atoms with Crippen molar-refractivity contribution in [1.29, 1.82) is 0 Å². The van der Waals surface area contributed by atoms with Gasteiger partial charge in [-0.2, -0.15) is 0 Å². The number of aryl methyl sites for hydroxylation is 1. The summed E-state index contributed by atoms with van der Waals surface area (Å²) in [4.78, 5) is 2.59. The molecule has 3 heteroatoms. The van der Waals surface area contributed by atoms with Gasteiger partial charge in [-0.3, -0.25) is 4.90 Å². The lowest BCUT2D eigenvalue weighted by atomic mass is 10.0. The van der Waals surface area contributed by atoms with E-state index in [1.807, 2.05) is 7.05 Å². The zero-order chi connectivity index (χ0) is 13.7. The fourth-order valence-electron chi connectivity index (χ4n) is 2.99. The number of hydrogen-bond donors (Lipinski definition) is 1. The van der Waals surface area contributed by atoms with E-state index >= 15 is 0 Å². The van der Waals surface area contributed by atoms with Crippen LogP contribution in [0.15, 0.2) is 18.2 Å². The lowest BCUT2D eigenvalue weighted by molar-refractivity contribution is 0.242. The first-order chi connectivity index (χ1) is 9.30. The van der Waals surface area contributed by atoms with E-state index in [0.29, 0.717) is 6.04 Å². The van der Waals surface area contributed by atoms with E-state index < -0.39 is 0 Å². The molecular weight excluding hydrogens is 236 g/mol. The van der Waals surface area contributed by atoms with Gasteiger partial charge in [0.05, 0.1) is 7.11 Å². The van der Waals surface area contributed by atoms with Gasteiger partial charge in [0.2, 0.25) is 0 Å². The standard InChI is InChI=1S/C16H26N2O/c1-4-13-11-14(7-8-16(13)19-3)15(12-17-2)18-9-5-6-10-18/h7-8,11,15,17H,4-6,9-10,12H2,1-3H3. The Kier molecular flexibility index (Phi) is 5.23. The van der Waals surface area contributed by atoms with Gasteiger partial charge < -0.3 is 10.1 Å². The topological polar surface area (TPSA) is 24.5 Å². The Morgan fingerprint density at radius 1 is 1.32 bits per heavy atom. The lowest BCUT2D eigenvalue weighted by Gasteiger charge is -2.28. The average Bonchev–Trinajstić information content (AvgIpc) is 2.98. The third kappa shape index (κ3) is 3.28. The van der Waals surface area contributed by atoms with Crippen LogP contribution in [0.3, 0.4) is 0 Å². The molecule has 19 heavy (non-hydrogen) atoms. The Balaban J connectivity index is 2.25. The molecule has 2 rings (SSSR count). The highest BCUT2D eigenvalue weighted by atomic mass is 16.5. The summed E-state index contributed by atoms with van der Waals surface area (Å²) in [6.07, 6.45) is 3.68. The number of ether oxygens (including phenoxy) is 1. The van der Waals surface area contributed by atoms with Gasteiger partial charge in [-0.15, -0.1) is 0 Å². The van der Waals surface area contributed by atoms with Crippen molar-refractivity contribution in [1.82, 2.24) is 10.2 Å². The number of benzene rings is 1. The van der Waals surface area contributed by atoms with E-state index in [0.717, 1.165) is 18.7 Å². The molecule has 3 nitrogen and oxygen atoms in total. The number of nitrogens with zero attached hydrogens (tertiary/aromatic N) is 1. The molecule has 0 aromatic heterocycles. The van der Waals surface area contributed by atoms with Crippen molar-refractivity contribution in [2.75, 3.05) is 33.8 Å². The minimum Gasteiger partial charge on any atom is -0.496 e. The second-order valence-electron chi connectivity index (χ2n) is 5.24. The molecule has 0 bridgehead atoms. The van der Waals surface area contributed by atoms with Crippen molar-refractivity contribution in [3.8, 4) is 5.75 Å². The molecular formula is C16H26N2O. The molecule has 0 saturated carbocycles. The van der Waals surface area contributed by atoms with Gasteiger partial charge in [0.1, 0.15) is 5.75 Å². The van der Waals surface area contributed by atoms with Gasteiger partial charge in [0, 0.05) is 12.6 Å². The van der Waals surface area contributed by atoms with Crippen LogP contribution < -0.4 is 10.1 Å². The van der Waals surface area contributed by atoms with Crippen LogP contribution in [0.1, 0.15) is 36.9 Å². The van der Waals surface area contributed by atoms with Crippen molar-refractivity contribution >= 4 is 0 Å². The van der Waals surface area contributed by atoms with E-state index in [9.17, 15) is 0 Å². The zero-order valence-electron chi connectivity index (χ0n) is 12.4. The van der Waals surface area contributed by atoms with Gasteiger partial charge in [-0.1, -0.05) is 19.1 Å². The Morgan fingerprint density at radius 2 is 2.05 bits per heavy atom. The number of hydrogen-bond acceptors (Lipinski definition) is 3. The molecule has 0 aliphatic carbocycles. The summed E-state index contributed by atoms with van der Waals surface area (Å²) in [5.74, 6) is 1.01. The van der Waals surface area contributed by atoms with Crippen LogP contribution in [-0.4, -0.2) is 38.7 Å². The van der Waals surface area contributed by atoms with Crippen LogP contribution in [0.5, 0.6) is 5.75 Å². The van der Waals surface area contributed by atoms with Crippen LogP contribution >= 0.6 is 0 Å². The van der Waals surface area contributed by atoms with Crippen LogP contribution in [-0.2, 0) is 6.42 Å². The number of likely N-dealkylation sites (tertiary alicyclic amines) is 1. The molecule has 1 heterocycles. The smallest absolute Gasteiger partial charge is 0.122 e. The number of methoxy groups -OCH3 is 1.